The number of piperazine rings is 1. The van der Waals surface area contributed by atoms with Crippen molar-refractivity contribution in [2.24, 2.45) is 0 Å². The van der Waals surface area contributed by atoms with E-state index in [1.54, 1.807) is 17.4 Å². The summed E-state index contributed by atoms with van der Waals surface area (Å²) in [5.74, 6) is -0.297. The third kappa shape index (κ3) is 2.10. The van der Waals surface area contributed by atoms with Crippen LogP contribution in [-0.4, -0.2) is 43.2 Å². The van der Waals surface area contributed by atoms with Crippen molar-refractivity contribution in [2.45, 2.75) is 24.9 Å². The van der Waals surface area contributed by atoms with Crippen LogP contribution in [0.2, 0.25) is 0 Å². The third-order valence-electron chi connectivity index (χ3n) is 4.40. The number of esters is 1. The highest BCUT2D eigenvalue weighted by Crippen LogP contribution is 2.37. The number of carbonyl (C=O) groups excluding carboxylic acids is 1. The fraction of sp³-hybridized carbons (Fsp3) is 0.467. The van der Waals surface area contributed by atoms with Crippen molar-refractivity contribution in [2.75, 3.05) is 25.1 Å². The molecule has 2 aliphatic heterocycles. The highest BCUT2D eigenvalue weighted by atomic mass is 32.1. The minimum absolute atomic E-state index is 0.297. The van der Waals surface area contributed by atoms with Gasteiger partial charge in [0.2, 0.25) is 0 Å². The van der Waals surface area contributed by atoms with Gasteiger partial charge in [0.25, 0.3) is 0 Å². The summed E-state index contributed by atoms with van der Waals surface area (Å²) in [7, 11) is 1.41. The molecule has 2 atom stereocenters. The van der Waals surface area contributed by atoms with Gasteiger partial charge in [-0.3, -0.25) is 0 Å². The number of aromatic nitrogens is 1. The first kappa shape index (κ1) is 13.0. The number of anilines is 1. The van der Waals surface area contributed by atoms with Crippen molar-refractivity contribution in [3.8, 4) is 0 Å². The van der Waals surface area contributed by atoms with Gasteiger partial charge in [-0.1, -0.05) is 11.3 Å². The van der Waals surface area contributed by atoms with Crippen LogP contribution in [0.3, 0.4) is 0 Å². The quantitative estimate of drug-likeness (QED) is 0.860. The molecular weight excluding hydrogens is 286 g/mol. The van der Waals surface area contributed by atoms with Crippen LogP contribution in [0.25, 0.3) is 10.2 Å². The Morgan fingerprint density at radius 2 is 2.14 bits per heavy atom. The molecule has 110 valence electrons. The first-order valence-electron chi connectivity index (χ1n) is 7.24. The number of fused-ring (bicyclic) bond motifs is 3. The fourth-order valence-electron chi connectivity index (χ4n) is 3.36. The topological polar surface area (TPSA) is 54.5 Å². The van der Waals surface area contributed by atoms with Crippen molar-refractivity contribution in [1.82, 2.24) is 10.3 Å². The van der Waals surface area contributed by atoms with Crippen molar-refractivity contribution in [1.29, 1.82) is 0 Å². The van der Waals surface area contributed by atoms with Gasteiger partial charge in [0.15, 0.2) is 5.13 Å². The van der Waals surface area contributed by atoms with E-state index in [1.165, 1.54) is 20.0 Å². The minimum Gasteiger partial charge on any atom is -0.465 e. The van der Waals surface area contributed by atoms with Crippen LogP contribution in [0, 0.1) is 0 Å². The third-order valence-corrected chi connectivity index (χ3v) is 5.43. The lowest BCUT2D eigenvalue weighted by atomic mass is 10.2. The monoisotopic (exact) mass is 303 g/mol. The van der Waals surface area contributed by atoms with Gasteiger partial charge in [-0.25, -0.2) is 9.78 Å². The van der Waals surface area contributed by atoms with E-state index in [1.807, 2.05) is 12.1 Å². The van der Waals surface area contributed by atoms with Gasteiger partial charge < -0.3 is 15.0 Å². The summed E-state index contributed by atoms with van der Waals surface area (Å²) >= 11 is 1.67. The SMILES string of the molecule is COC(=O)c1ccc2nc(N3C4CCC3CNC4)sc2c1. The molecule has 4 rings (SSSR count). The zero-order chi connectivity index (χ0) is 14.4. The molecule has 2 fully saturated rings. The Labute approximate surface area is 126 Å². The van der Waals surface area contributed by atoms with Gasteiger partial charge in [-0.15, -0.1) is 0 Å². The Kier molecular flexibility index (Phi) is 3.08. The number of thiazole rings is 1. The lowest BCUT2D eigenvalue weighted by Crippen LogP contribution is -2.51. The Morgan fingerprint density at radius 3 is 2.86 bits per heavy atom. The van der Waals surface area contributed by atoms with Gasteiger partial charge in [0.1, 0.15) is 0 Å². The van der Waals surface area contributed by atoms with Crippen LogP contribution in [0.4, 0.5) is 5.13 Å². The summed E-state index contributed by atoms with van der Waals surface area (Å²) < 4.78 is 5.83. The van der Waals surface area contributed by atoms with E-state index in [2.05, 4.69) is 10.2 Å². The molecule has 2 bridgehead atoms. The predicted octanol–water partition coefficient (Wildman–Crippen LogP) is 2.02. The smallest absolute Gasteiger partial charge is 0.337 e. The molecule has 1 aromatic heterocycles. The molecule has 21 heavy (non-hydrogen) atoms. The first-order chi connectivity index (χ1) is 10.3. The van der Waals surface area contributed by atoms with Crippen molar-refractivity contribution < 1.29 is 9.53 Å². The number of ether oxygens (including phenoxy) is 1. The Hall–Kier alpha value is -1.66. The maximum Gasteiger partial charge on any atom is 0.337 e. The molecule has 5 nitrogen and oxygen atoms in total. The van der Waals surface area contributed by atoms with Gasteiger partial charge >= 0.3 is 5.97 Å². The number of rotatable bonds is 2. The summed E-state index contributed by atoms with van der Waals surface area (Å²) in [6.45, 7) is 2.08. The number of carbonyl (C=O) groups is 1. The van der Waals surface area contributed by atoms with Crippen LogP contribution in [0.1, 0.15) is 23.2 Å². The average Bonchev–Trinajstić information content (AvgIpc) is 3.03. The van der Waals surface area contributed by atoms with Crippen LogP contribution in [-0.2, 0) is 4.74 Å². The first-order valence-corrected chi connectivity index (χ1v) is 8.06. The zero-order valence-electron chi connectivity index (χ0n) is 11.8. The Balaban J connectivity index is 1.72. The second-order valence-corrected chi connectivity index (χ2v) is 6.63. The van der Waals surface area contributed by atoms with E-state index in [9.17, 15) is 4.79 Å². The molecule has 2 aliphatic rings. The predicted molar refractivity (Wildman–Crippen MR) is 83.1 cm³/mol. The molecule has 2 saturated heterocycles. The van der Waals surface area contributed by atoms with Gasteiger partial charge in [-0.05, 0) is 31.0 Å². The number of nitrogens with one attached hydrogen (secondary N) is 1. The van der Waals surface area contributed by atoms with Crippen molar-refractivity contribution >= 4 is 32.7 Å². The molecule has 0 aliphatic carbocycles. The van der Waals surface area contributed by atoms with Gasteiger partial charge in [0.05, 0.1) is 22.9 Å². The van der Waals surface area contributed by atoms with E-state index in [0.717, 1.165) is 28.4 Å². The molecule has 2 aromatic rings. The van der Waals surface area contributed by atoms with E-state index in [-0.39, 0.29) is 5.97 Å². The number of hydrogen-bond acceptors (Lipinski definition) is 6. The molecule has 0 amide bonds. The van der Waals surface area contributed by atoms with Crippen LogP contribution in [0.15, 0.2) is 18.2 Å². The van der Waals surface area contributed by atoms with E-state index < -0.39 is 0 Å². The number of hydrogen-bond donors (Lipinski definition) is 1. The second-order valence-electron chi connectivity index (χ2n) is 5.62. The molecule has 3 heterocycles. The molecule has 0 spiro atoms. The lowest BCUT2D eigenvalue weighted by Gasteiger charge is -2.35. The van der Waals surface area contributed by atoms with Crippen LogP contribution in [0.5, 0.6) is 0 Å². The molecule has 6 heteroatoms. The maximum atomic E-state index is 11.6. The normalized spacial score (nSPS) is 24.5. The average molecular weight is 303 g/mol. The second kappa shape index (κ2) is 4.96. The summed E-state index contributed by atoms with van der Waals surface area (Å²) in [5.41, 5.74) is 1.55. The van der Waals surface area contributed by atoms with Gasteiger partial charge in [-0.2, -0.15) is 0 Å². The highest BCUT2D eigenvalue weighted by molar-refractivity contribution is 7.22. The molecule has 1 aromatic carbocycles. The summed E-state index contributed by atoms with van der Waals surface area (Å²) in [6, 6.07) is 6.69. The molecule has 0 saturated carbocycles. The molecule has 1 N–H and O–H groups in total. The lowest BCUT2D eigenvalue weighted by molar-refractivity contribution is 0.0601. The van der Waals surface area contributed by atoms with Crippen LogP contribution >= 0.6 is 11.3 Å². The number of methoxy groups -OCH3 is 1. The van der Waals surface area contributed by atoms with Crippen molar-refractivity contribution in [3.05, 3.63) is 23.8 Å². The van der Waals surface area contributed by atoms with Gasteiger partial charge in [0, 0.05) is 25.2 Å². The van der Waals surface area contributed by atoms with E-state index >= 15 is 0 Å². The summed E-state index contributed by atoms with van der Waals surface area (Å²) in [5, 5.41) is 4.57. The minimum atomic E-state index is -0.297. The highest BCUT2D eigenvalue weighted by Gasteiger charge is 2.38. The molecule has 2 unspecified atom stereocenters. The van der Waals surface area contributed by atoms with Crippen molar-refractivity contribution in [3.63, 3.8) is 0 Å². The molecular formula is C15H17N3O2S. The van der Waals surface area contributed by atoms with Crippen LogP contribution < -0.4 is 10.2 Å². The Morgan fingerprint density at radius 1 is 1.38 bits per heavy atom. The standard InChI is InChI=1S/C15H17N3O2S/c1-20-14(19)9-2-5-12-13(6-9)21-15(17-12)18-10-3-4-11(18)8-16-7-10/h2,5-6,10-11,16H,3-4,7-8H2,1H3. The molecule has 0 radical (unpaired) electrons. The summed E-state index contributed by atoms with van der Waals surface area (Å²) in [4.78, 5) is 18.9. The van der Waals surface area contributed by atoms with E-state index in [0.29, 0.717) is 17.6 Å². The number of benzene rings is 1. The maximum absolute atomic E-state index is 11.6. The number of nitrogens with zero attached hydrogens (tertiary/aromatic N) is 2. The summed E-state index contributed by atoms with van der Waals surface area (Å²) in [6.07, 6.45) is 2.47. The Bertz CT molecular complexity index is 683. The largest absolute Gasteiger partial charge is 0.465 e. The van der Waals surface area contributed by atoms with E-state index in [4.69, 9.17) is 9.72 Å². The zero-order valence-corrected chi connectivity index (χ0v) is 12.7. The fourth-order valence-corrected chi connectivity index (χ4v) is 4.51.